The van der Waals surface area contributed by atoms with Crippen LogP contribution in [0.15, 0.2) is 17.5 Å². The molecule has 0 aliphatic carbocycles. The molecule has 2 aromatic rings. The van der Waals surface area contributed by atoms with E-state index in [0.29, 0.717) is 17.1 Å². The number of alkyl halides is 1. The average Bonchev–Trinajstić information content (AvgIpc) is 2.62. The van der Waals surface area contributed by atoms with E-state index in [9.17, 15) is 4.79 Å². The number of benzene rings is 1. The van der Waals surface area contributed by atoms with Crippen LogP contribution in [-0.2, 0) is 5.88 Å². The van der Waals surface area contributed by atoms with Crippen LogP contribution in [0.4, 0.5) is 5.69 Å². The van der Waals surface area contributed by atoms with Gasteiger partial charge in [0.2, 0.25) is 0 Å². The highest BCUT2D eigenvalue weighted by Gasteiger charge is 2.10. The molecule has 2 nitrogen and oxygen atoms in total. The van der Waals surface area contributed by atoms with Gasteiger partial charge in [0.1, 0.15) is 0 Å². The first-order valence-electron chi connectivity index (χ1n) is 4.07. The lowest BCUT2D eigenvalue weighted by molar-refractivity contribution is 0.112. The second-order valence-electron chi connectivity index (χ2n) is 2.95. The summed E-state index contributed by atoms with van der Waals surface area (Å²) in [5.41, 5.74) is 7.61. The average molecular weight is 226 g/mol. The molecule has 1 heterocycles. The van der Waals surface area contributed by atoms with E-state index in [1.165, 1.54) is 0 Å². The third kappa shape index (κ3) is 1.29. The van der Waals surface area contributed by atoms with Gasteiger partial charge in [-0.3, -0.25) is 4.79 Å². The Morgan fingerprint density at radius 3 is 3.00 bits per heavy atom. The first kappa shape index (κ1) is 9.49. The lowest BCUT2D eigenvalue weighted by Gasteiger charge is -2.05. The number of carbonyl (C=O) groups is 1. The van der Waals surface area contributed by atoms with Gasteiger partial charge in [-0.05, 0) is 28.5 Å². The van der Waals surface area contributed by atoms with E-state index in [2.05, 4.69) is 0 Å². The first-order chi connectivity index (χ1) is 6.77. The first-order valence-corrected chi connectivity index (χ1v) is 5.49. The summed E-state index contributed by atoms with van der Waals surface area (Å²) >= 11 is 7.39. The fourth-order valence-corrected chi connectivity index (χ4v) is 2.79. The van der Waals surface area contributed by atoms with Gasteiger partial charge in [-0.2, -0.15) is 0 Å². The van der Waals surface area contributed by atoms with Crippen LogP contribution in [0.1, 0.15) is 15.9 Å². The van der Waals surface area contributed by atoms with E-state index < -0.39 is 0 Å². The minimum absolute atomic E-state index is 0.316. The van der Waals surface area contributed by atoms with Gasteiger partial charge < -0.3 is 5.73 Å². The predicted octanol–water partition coefficient (Wildman–Crippen LogP) is 3.03. The van der Waals surface area contributed by atoms with Crippen LogP contribution in [0.2, 0.25) is 0 Å². The molecule has 14 heavy (non-hydrogen) atoms. The number of carbonyl (C=O) groups excluding carboxylic acids is 1. The summed E-state index contributed by atoms with van der Waals surface area (Å²) in [4.78, 5) is 10.8. The van der Waals surface area contributed by atoms with Gasteiger partial charge in [-0.15, -0.1) is 22.9 Å². The summed E-state index contributed by atoms with van der Waals surface area (Å²) in [6, 6.07) is 3.78. The van der Waals surface area contributed by atoms with Crippen molar-refractivity contribution >= 4 is 45.0 Å². The number of aldehydes is 1. The molecule has 2 N–H and O–H groups in total. The number of halogens is 1. The van der Waals surface area contributed by atoms with Gasteiger partial charge in [0, 0.05) is 21.8 Å². The molecule has 0 bridgehead atoms. The predicted molar refractivity (Wildman–Crippen MR) is 61.2 cm³/mol. The van der Waals surface area contributed by atoms with Crippen molar-refractivity contribution in [3.8, 4) is 0 Å². The highest BCUT2D eigenvalue weighted by atomic mass is 35.5. The minimum atomic E-state index is 0.316. The Kier molecular flexibility index (Phi) is 2.44. The second kappa shape index (κ2) is 3.59. The molecule has 0 fully saturated rings. The standard InChI is InChI=1S/C10H8ClNOS/c11-4-7-8(5-13)9(12)3-6-1-2-14-10(6)7/h1-3,5H,4,12H2. The molecular formula is C10H8ClNOS. The highest BCUT2D eigenvalue weighted by Crippen LogP contribution is 2.31. The molecule has 1 aromatic heterocycles. The van der Waals surface area contributed by atoms with E-state index in [4.69, 9.17) is 17.3 Å². The molecule has 72 valence electrons. The van der Waals surface area contributed by atoms with Crippen LogP contribution in [0.3, 0.4) is 0 Å². The van der Waals surface area contributed by atoms with Gasteiger partial charge in [-0.1, -0.05) is 0 Å². The molecular weight excluding hydrogens is 218 g/mol. The Balaban J connectivity index is 2.88. The maximum atomic E-state index is 10.8. The molecule has 4 heteroatoms. The molecule has 0 radical (unpaired) electrons. The van der Waals surface area contributed by atoms with Gasteiger partial charge in [0.25, 0.3) is 0 Å². The van der Waals surface area contributed by atoms with Crippen molar-refractivity contribution in [3.05, 3.63) is 28.6 Å². The molecule has 1 aromatic carbocycles. The molecule has 0 spiro atoms. The Hall–Kier alpha value is -1.06. The monoisotopic (exact) mass is 225 g/mol. The Bertz CT molecular complexity index is 492. The summed E-state index contributed by atoms with van der Waals surface area (Å²) in [5.74, 6) is 0.316. The van der Waals surface area contributed by atoms with Crippen molar-refractivity contribution in [2.75, 3.05) is 5.73 Å². The quantitative estimate of drug-likeness (QED) is 0.485. The van der Waals surface area contributed by atoms with E-state index in [-0.39, 0.29) is 0 Å². The fraction of sp³-hybridized carbons (Fsp3) is 0.100. The summed E-state index contributed by atoms with van der Waals surface area (Å²) in [6.45, 7) is 0. The Morgan fingerprint density at radius 1 is 1.57 bits per heavy atom. The zero-order chi connectivity index (χ0) is 10.1. The van der Waals surface area contributed by atoms with Crippen LogP contribution >= 0.6 is 22.9 Å². The third-order valence-corrected chi connectivity index (χ3v) is 3.43. The minimum Gasteiger partial charge on any atom is -0.398 e. The lowest BCUT2D eigenvalue weighted by Crippen LogP contribution is -1.97. The maximum absolute atomic E-state index is 10.8. The van der Waals surface area contributed by atoms with Crippen molar-refractivity contribution in [1.29, 1.82) is 0 Å². The van der Waals surface area contributed by atoms with Gasteiger partial charge in [-0.25, -0.2) is 0 Å². The molecule has 2 rings (SSSR count). The van der Waals surface area contributed by atoms with Gasteiger partial charge >= 0.3 is 0 Å². The normalized spacial score (nSPS) is 10.6. The second-order valence-corrected chi connectivity index (χ2v) is 4.13. The van der Waals surface area contributed by atoms with E-state index in [1.807, 2.05) is 17.5 Å². The van der Waals surface area contributed by atoms with Crippen molar-refractivity contribution in [1.82, 2.24) is 0 Å². The Labute approximate surface area is 90.3 Å². The van der Waals surface area contributed by atoms with Crippen molar-refractivity contribution in [2.24, 2.45) is 0 Å². The van der Waals surface area contributed by atoms with E-state index >= 15 is 0 Å². The maximum Gasteiger partial charge on any atom is 0.152 e. The number of rotatable bonds is 2. The van der Waals surface area contributed by atoms with Crippen LogP contribution in [-0.4, -0.2) is 6.29 Å². The van der Waals surface area contributed by atoms with Crippen molar-refractivity contribution in [3.63, 3.8) is 0 Å². The number of fused-ring (bicyclic) bond motifs is 1. The van der Waals surface area contributed by atoms with E-state index in [0.717, 1.165) is 21.9 Å². The molecule has 0 saturated carbocycles. The van der Waals surface area contributed by atoms with Crippen molar-refractivity contribution in [2.45, 2.75) is 5.88 Å². The SMILES string of the molecule is Nc1cc2ccsc2c(CCl)c1C=O. The summed E-state index contributed by atoms with van der Waals surface area (Å²) < 4.78 is 1.05. The molecule has 0 amide bonds. The largest absolute Gasteiger partial charge is 0.398 e. The number of thiophene rings is 1. The molecule has 0 atom stereocenters. The zero-order valence-corrected chi connectivity index (χ0v) is 8.86. The molecule has 0 aliphatic heterocycles. The Morgan fingerprint density at radius 2 is 2.36 bits per heavy atom. The number of nitrogen functional groups attached to an aromatic ring is 1. The molecule has 0 unspecified atom stereocenters. The van der Waals surface area contributed by atoms with Crippen LogP contribution in [0, 0.1) is 0 Å². The third-order valence-electron chi connectivity index (χ3n) is 2.17. The topological polar surface area (TPSA) is 43.1 Å². The molecule has 0 aliphatic rings. The van der Waals surface area contributed by atoms with E-state index in [1.54, 1.807) is 11.3 Å². The van der Waals surface area contributed by atoms with Crippen LogP contribution in [0.5, 0.6) is 0 Å². The van der Waals surface area contributed by atoms with Gasteiger partial charge in [0.05, 0.1) is 0 Å². The van der Waals surface area contributed by atoms with Crippen LogP contribution < -0.4 is 5.73 Å². The summed E-state index contributed by atoms with van der Waals surface area (Å²) in [5, 5.41) is 3.02. The number of anilines is 1. The summed E-state index contributed by atoms with van der Waals surface area (Å²) in [6.07, 6.45) is 0.770. The zero-order valence-electron chi connectivity index (χ0n) is 7.29. The highest BCUT2D eigenvalue weighted by molar-refractivity contribution is 7.17. The summed E-state index contributed by atoms with van der Waals surface area (Å²) in [7, 11) is 0. The van der Waals surface area contributed by atoms with Gasteiger partial charge in [0.15, 0.2) is 6.29 Å². The number of hydrogen-bond acceptors (Lipinski definition) is 3. The number of hydrogen-bond donors (Lipinski definition) is 1. The molecule has 0 saturated heterocycles. The smallest absolute Gasteiger partial charge is 0.152 e. The van der Waals surface area contributed by atoms with Crippen LogP contribution in [0.25, 0.3) is 10.1 Å². The number of nitrogens with two attached hydrogens (primary N) is 1. The van der Waals surface area contributed by atoms with Crippen molar-refractivity contribution < 1.29 is 4.79 Å². The fourth-order valence-electron chi connectivity index (χ4n) is 1.49. The lowest BCUT2D eigenvalue weighted by atomic mass is 10.1.